The summed E-state index contributed by atoms with van der Waals surface area (Å²) in [4.78, 5) is 36.7. The van der Waals surface area contributed by atoms with Crippen molar-refractivity contribution in [1.29, 1.82) is 0 Å². The highest BCUT2D eigenvalue weighted by atomic mass is 19.2. The summed E-state index contributed by atoms with van der Waals surface area (Å²) in [5.74, 6) is -8.19. The number of Topliss-reactive ketones (excluding diaryl/α,β-unsaturated/α-hetero) is 1. The number of carbonyl (C=O) groups is 3. The molecule has 0 spiro atoms. The van der Waals surface area contributed by atoms with E-state index in [0.29, 0.717) is 11.1 Å². The van der Waals surface area contributed by atoms with Crippen LogP contribution in [0.1, 0.15) is 27.0 Å². The van der Waals surface area contributed by atoms with Gasteiger partial charge in [0.1, 0.15) is 5.56 Å². The number of alkyl halides is 1. The summed E-state index contributed by atoms with van der Waals surface area (Å²) >= 11 is 0. The second-order valence-corrected chi connectivity index (χ2v) is 7.12. The number of rotatable bonds is 8. The van der Waals surface area contributed by atoms with Crippen molar-refractivity contribution in [3.05, 3.63) is 94.6 Å². The molecule has 33 heavy (non-hydrogen) atoms. The van der Waals surface area contributed by atoms with E-state index < -0.39 is 53.1 Å². The summed E-state index contributed by atoms with van der Waals surface area (Å²) in [6.07, 6.45) is -0.485. The molecule has 0 aliphatic rings. The van der Waals surface area contributed by atoms with Crippen molar-refractivity contribution in [1.82, 2.24) is 0 Å². The van der Waals surface area contributed by atoms with Crippen molar-refractivity contribution in [3.8, 4) is 11.5 Å². The van der Waals surface area contributed by atoms with E-state index in [1.54, 1.807) is 60.7 Å². The second-order valence-electron chi connectivity index (χ2n) is 7.12. The predicted octanol–water partition coefficient (Wildman–Crippen LogP) is 4.72. The van der Waals surface area contributed by atoms with E-state index in [1.807, 2.05) is 0 Å². The molecule has 0 atom stereocenters. The molecule has 8 heteroatoms. The number of halogens is 3. The van der Waals surface area contributed by atoms with Gasteiger partial charge in [-0.2, -0.15) is 4.39 Å². The molecule has 5 nitrogen and oxygen atoms in total. The SMILES string of the molecule is Cc1c(OC(=O)Cc2ccccc2)c(F)c(F)c(C(=O)CF)c1OC(=O)Cc1ccccc1. The summed E-state index contributed by atoms with van der Waals surface area (Å²) in [5.41, 5.74) is -0.249. The minimum Gasteiger partial charge on any atom is -0.425 e. The number of esters is 2. The molecule has 0 unspecified atom stereocenters. The average molecular weight is 456 g/mol. The van der Waals surface area contributed by atoms with Crippen LogP contribution < -0.4 is 9.47 Å². The third kappa shape index (κ3) is 5.65. The third-order valence-electron chi connectivity index (χ3n) is 4.73. The molecular weight excluding hydrogens is 437 g/mol. The van der Waals surface area contributed by atoms with Crippen molar-refractivity contribution >= 4 is 17.7 Å². The van der Waals surface area contributed by atoms with Gasteiger partial charge in [0.05, 0.1) is 12.8 Å². The summed E-state index contributed by atoms with van der Waals surface area (Å²) in [5, 5.41) is 0. The Balaban J connectivity index is 1.95. The fourth-order valence-corrected chi connectivity index (χ4v) is 3.15. The molecule has 0 saturated carbocycles. The van der Waals surface area contributed by atoms with Gasteiger partial charge in [-0.25, -0.2) is 8.78 Å². The van der Waals surface area contributed by atoms with Crippen molar-refractivity contribution in [3.63, 3.8) is 0 Å². The Morgan fingerprint density at radius 1 is 0.727 bits per heavy atom. The van der Waals surface area contributed by atoms with Crippen LogP contribution in [-0.4, -0.2) is 24.4 Å². The smallest absolute Gasteiger partial charge is 0.315 e. The van der Waals surface area contributed by atoms with Gasteiger partial charge in [-0.05, 0) is 18.1 Å². The number of hydrogen-bond donors (Lipinski definition) is 0. The predicted molar refractivity (Wildman–Crippen MR) is 113 cm³/mol. The van der Waals surface area contributed by atoms with Gasteiger partial charge >= 0.3 is 11.9 Å². The summed E-state index contributed by atoms with van der Waals surface area (Å²) in [6, 6.07) is 16.8. The van der Waals surface area contributed by atoms with Crippen LogP contribution >= 0.6 is 0 Å². The molecule has 0 aliphatic heterocycles. The average Bonchev–Trinajstić information content (AvgIpc) is 2.81. The number of benzene rings is 3. The van der Waals surface area contributed by atoms with E-state index in [-0.39, 0.29) is 18.4 Å². The van der Waals surface area contributed by atoms with Crippen LogP contribution in [0.5, 0.6) is 11.5 Å². The minimum atomic E-state index is -1.77. The first-order chi connectivity index (χ1) is 15.8. The number of carbonyl (C=O) groups excluding carboxylic acids is 3. The lowest BCUT2D eigenvalue weighted by molar-refractivity contribution is -0.134. The maximum absolute atomic E-state index is 14.7. The monoisotopic (exact) mass is 456 g/mol. The highest BCUT2D eigenvalue weighted by molar-refractivity contribution is 6.01. The van der Waals surface area contributed by atoms with Crippen molar-refractivity contribution in [2.75, 3.05) is 6.67 Å². The van der Waals surface area contributed by atoms with E-state index >= 15 is 0 Å². The molecule has 0 fully saturated rings. The van der Waals surface area contributed by atoms with Gasteiger partial charge in [-0.15, -0.1) is 0 Å². The molecule has 3 aromatic carbocycles. The van der Waals surface area contributed by atoms with Crippen molar-refractivity contribution in [2.45, 2.75) is 19.8 Å². The number of hydrogen-bond acceptors (Lipinski definition) is 5. The van der Waals surface area contributed by atoms with Crippen molar-refractivity contribution in [2.24, 2.45) is 0 Å². The lowest BCUT2D eigenvalue weighted by Gasteiger charge is -2.17. The van der Waals surface area contributed by atoms with Gasteiger partial charge in [0, 0.05) is 5.56 Å². The number of ether oxygens (including phenoxy) is 2. The second kappa shape index (κ2) is 10.6. The lowest BCUT2D eigenvalue weighted by Crippen LogP contribution is -2.20. The first-order valence-electron chi connectivity index (χ1n) is 9.91. The van der Waals surface area contributed by atoms with Gasteiger partial charge in [0.15, 0.2) is 24.0 Å². The van der Waals surface area contributed by atoms with Gasteiger partial charge in [-0.1, -0.05) is 60.7 Å². The molecule has 3 aromatic rings. The van der Waals surface area contributed by atoms with E-state index in [2.05, 4.69) is 0 Å². The highest BCUT2D eigenvalue weighted by Gasteiger charge is 2.31. The topological polar surface area (TPSA) is 69.7 Å². The normalized spacial score (nSPS) is 10.5. The Morgan fingerprint density at radius 3 is 1.64 bits per heavy atom. The molecule has 3 rings (SSSR count). The molecule has 0 saturated heterocycles. The maximum Gasteiger partial charge on any atom is 0.315 e. The third-order valence-corrected chi connectivity index (χ3v) is 4.73. The Morgan fingerprint density at radius 2 is 1.18 bits per heavy atom. The van der Waals surface area contributed by atoms with Crippen LogP contribution in [0.2, 0.25) is 0 Å². The molecular formula is C25H19F3O5. The molecule has 0 heterocycles. The van der Waals surface area contributed by atoms with Gasteiger partial charge in [-0.3, -0.25) is 14.4 Å². The molecule has 0 aliphatic carbocycles. The molecule has 170 valence electrons. The quantitative estimate of drug-likeness (QED) is 0.279. The maximum atomic E-state index is 14.7. The van der Waals surface area contributed by atoms with E-state index in [4.69, 9.17) is 9.47 Å². The van der Waals surface area contributed by atoms with E-state index in [0.717, 1.165) is 0 Å². The van der Waals surface area contributed by atoms with E-state index in [1.165, 1.54) is 6.92 Å². The van der Waals surface area contributed by atoms with Crippen LogP contribution in [0, 0.1) is 18.6 Å². The first-order valence-corrected chi connectivity index (χ1v) is 9.91. The van der Waals surface area contributed by atoms with Gasteiger partial charge in [0.25, 0.3) is 0 Å². The Hall–Kier alpha value is -3.94. The lowest BCUT2D eigenvalue weighted by atomic mass is 10.0. The summed E-state index contributed by atoms with van der Waals surface area (Å²) in [6.45, 7) is -0.472. The summed E-state index contributed by atoms with van der Waals surface area (Å²) in [7, 11) is 0. The van der Waals surface area contributed by atoms with Crippen LogP contribution in [0.25, 0.3) is 0 Å². The van der Waals surface area contributed by atoms with Crippen LogP contribution in [0.15, 0.2) is 60.7 Å². The van der Waals surface area contributed by atoms with E-state index in [9.17, 15) is 27.6 Å². The summed E-state index contributed by atoms with van der Waals surface area (Å²) < 4.78 is 52.7. The minimum absolute atomic E-state index is 0.240. The molecule has 0 radical (unpaired) electrons. The zero-order valence-electron chi connectivity index (χ0n) is 17.6. The molecule has 0 aromatic heterocycles. The number of ketones is 1. The van der Waals surface area contributed by atoms with Gasteiger partial charge in [0.2, 0.25) is 11.6 Å². The fourth-order valence-electron chi connectivity index (χ4n) is 3.15. The van der Waals surface area contributed by atoms with Crippen LogP contribution in [-0.2, 0) is 22.4 Å². The zero-order valence-corrected chi connectivity index (χ0v) is 17.6. The Kier molecular flexibility index (Phi) is 7.61. The Labute approximate surface area is 187 Å². The van der Waals surface area contributed by atoms with Gasteiger partial charge < -0.3 is 9.47 Å². The molecule has 0 N–H and O–H groups in total. The fraction of sp³-hybridized carbons (Fsp3) is 0.160. The van der Waals surface area contributed by atoms with Crippen LogP contribution in [0.3, 0.4) is 0 Å². The Bertz CT molecular complexity index is 1180. The van der Waals surface area contributed by atoms with Crippen LogP contribution in [0.4, 0.5) is 13.2 Å². The first kappa shape index (κ1) is 23.7. The largest absolute Gasteiger partial charge is 0.425 e. The molecule has 0 amide bonds. The highest BCUT2D eigenvalue weighted by Crippen LogP contribution is 2.38. The zero-order chi connectivity index (χ0) is 24.0. The van der Waals surface area contributed by atoms with Crippen molar-refractivity contribution < 1.29 is 37.0 Å². The standard InChI is InChI=1S/C25H19F3O5/c1-15-24(32-19(30)12-16-8-4-2-5-9-16)21(18(29)14-26)22(27)23(28)25(15)33-20(31)13-17-10-6-3-7-11-17/h2-11H,12-14H2,1H3. The molecule has 0 bridgehead atoms.